The fourth-order valence-electron chi connectivity index (χ4n) is 4.21. The van der Waals surface area contributed by atoms with Crippen molar-refractivity contribution < 1.29 is 17.6 Å². The van der Waals surface area contributed by atoms with Crippen LogP contribution in [0.1, 0.15) is 34.2 Å². The highest BCUT2D eigenvalue weighted by atomic mass is 32.2. The Morgan fingerprint density at radius 1 is 0.921 bits per heavy atom. The molecule has 0 saturated heterocycles. The fourth-order valence-corrected chi connectivity index (χ4v) is 6.38. The zero-order chi connectivity index (χ0) is 26.7. The first-order valence-electron chi connectivity index (χ1n) is 12.2. The van der Waals surface area contributed by atoms with E-state index in [1.165, 1.54) is 27.8 Å². The van der Waals surface area contributed by atoms with E-state index in [0.717, 1.165) is 27.8 Å². The minimum absolute atomic E-state index is 0.123. The number of nitrogens with zero attached hydrogens (tertiary/aromatic N) is 3. The average Bonchev–Trinajstić information content (AvgIpc) is 3.61. The standard InChI is InChI=1S/C29H27N3O4S2/c1-3-22-11-7-13-26-27(22)30-29(37-26)32(20-24-12-8-18-36-24)28(33)23-14-16-25(17-15-23)38(34,35)31(2)19-21-9-5-4-6-10-21/h4-18H,3,19-20H2,1-2H3. The van der Waals surface area contributed by atoms with Crippen LogP contribution >= 0.6 is 11.3 Å². The predicted molar refractivity (Wildman–Crippen MR) is 150 cm³/mol. The summed E-state index contributed by atoms with van der Waals surface area (Å²) < 4.78 is 34.1. The Kier molecular flexibility index (Phi) is 7.42. The molecule has 0 fully saturated rings. The lowest BCUT2D eigenvalue weighted by atomic mass is 10.1. The van der Waals surface area contributed by atoms with Gasteiger partial charge in [-0.3, -0.25) is 9.69 Å². The second kappa shape index (κ2) is 10.9. The van der Waals surface area contributed by atoms with Gasteiger partial charge < -0.3 is 4.42 Å². The van der Waals surface area contributed by atoms with Gasteiger partial charge in [0.1, 0.15) is 5.76 Å². The summed E-state index contributed by atoms with van der Waals surface area (Å²) in [5.41, 5.74) is 3.25. The van der Waals surface area contributed by atoms with E-state index in [9.17, 15) is 13.2 Å². The molecule has 0 bridgehead atoms. The van der Waals surface area contributed by atoms with Crippen molar-refractivity contribution in [3.8, 4) is 0 Å². The molecule has 0 saturated carbocycles. The number of rotatable bonds is 9. The van der Waals surface area contributed by atoms with E-state index in [2.05, 4.69) is 6.92 Å². The maximum atomic E-state index is 13.7. The molecule has 5 aromatic rings. The molecule has 194 valence electrons. The summed E-state index contributed by atoms with van der Waals surface area (Å²) in [4.78, 5) is 20.2. The number of sulfonamides is 1. The SMILES string of the molecule is CCc1cccc2sc(N(Cc3ccco3)C(=O)c3ccc(S(=O)(=O)N(C)Cc4ccccc4)cc3)nc12. The second-order valence-electron chi connectivity index (χ2n) is 8.86. The zero-order valence-electron chi connectivity index (χ0n) is 21.1. The molecule has 0 aliphatic carbocycles. The van der Waals surface area contributed by atoms with Gasteiger partial charge in [0.05, 0.1) is 27.9 Å². The minimum Gasteiger partial charge on any atom is -0.467 e. The average molecular weight is 546 g/mol. The van der Waals surface area contributed by atoms with E-state index in [4.69, 9.17) is 9.40 Å². The molecule has 9 heteroatoms. The third-order valence-corrected chi connectivity index (χ3v) is 9.16. The largest absolute Gasteiger partial charge is 0.467 e. The van der Waals surface area contributed by atoms with Crippen LogP contribution in [0.2, 0.25) is 0 Å². The third kappa shape index (κ3) is 5.26. The molecule has 0 spiro atoms. The number of para-hydroxylation sites is 1. The number of anilines is 1. The molecule has 0 aliphatic rings. The van der Waals surface area contributed by atoms with Gasteiger partial charge in [-0.05, 0) is 60.0 Å². The molecular formula is C29H27N3O4S2. The molecule has 1 amide bonds. The Labute approximate surface area is 226 Å². The van der Waals surface area contributed by atoms with E-state index in [1.807, 2.05) is 54.6 Å². The van der Waals surface area contributed by atoms with E-state index < -0.39 is 10.0 Å². The molecule has 0 aliphatic heterocycles. The van der Waals surface area contributed by atoms with Crippen LogP contribution < -0.4 is 4.90 Å². The van der Waals surface area contributed by atoms with Crippen molar-refractivity contribution in [1.29, 1.82) is 0 Å². The summed E-state index contributed by atoms with van der Waals surface area (Å²) in [6, 6.07) is 25.1. The van der Waals surface area contributed by atoms with Crippen LogP contribution in [0.4, 0.5) is 5.13 Å². The van der Waals surface area contributed by atoms with E-state index >= 15 is 0 Å². The van der Waals surface area contributed by atoms with Crippen LogP contribution in [0.3, 0.4) is 0 Å². The highest BCUT2D eigenvalue weighted by Crippen LogP contribution is 2.33. The number of thiazole rings is 1. The van der Waals surface area contributed by atoms with Gasteiger partial charge >= 0.3 is 0 Å². The first-order chi connectivity index (χ1) is 18.4. The lowest BCUT2D eigenvalue weighted by Crippen LogP contribution is -2.30. The molecule has 0 atom stereocenters. The van der Waals surface area contributed by atoms with Gasteiger partial charge in [0, 0.05) is 19.2 Å². The van der Waals surface area contributed by atoms with E-state index in [-0.39, 0.29) is 23.9 Å². The Morgan fingerprint density at radius 3 is 2.37 bits per heavy atom. The van der Waals surface area contributed by atoms with Gasteiger partial charge in [-0.15, -0.1) is 0 Å². The second-order valence-corrected chi connectivity index (χ2v) is 11.9. The highest BCUT2D eigenvalue weighted by Gasteiger charge is 2.25. The van der Waals surface area contributed by atoms with Crippen LogP contribution in [0.15, 0.2) is 101 Å². The summed E-state index contributed by atoms with van der Waals surface area (Å²) in [5, 5.41) is 0.557. The van der Waals surface area contributed by atoms with Crippen LogP contribution in [-0.2, 0) is 29.5 Å². The number of carbonyl (C=O) groups is 1. The number of furan rings is 1. The van der Waals surface area contributed by atoms with E-state index in [0.29, 0.717) is 16.5 Å². The van der Waals surface area contributed by atoms with Crippen molar-refractivity contribution in [2.45, 2.75) is 31.3 Å². The first-order valence-corrected chi connectivity index (χ1v) is 14.5. The quantitative estimate of drug-likeness (QED) is 0.223. The Bertz CT molecular complexity index is 1650. The molecule has 0 unspecified atom stereocenters. The molecule has 2 heterocycles. The van der Waals surface area contributed by atoms with Crippen molar-refractivity contribution in [3.05, 3.63) is 114 Å². The first kappa shape index (κ1) is 25.8. The van der Waals surface area contributed by atoms with E-state index in [1.54, 1.807) is 36.4 Å². The van der Waals surface area contributed by atoms with Gasteiger partial charge in [0.2, 0.25) is 10.0 Å². The monoisotopic (exact) mass is 545 g/mol. The Hall–Kier alpha value is -3.79. The van der Waals surface area contributed by atoms with Crippen molar-refractivity contribution in [2.24, 2.45) is 0 Å². The third-order valence-electron chi connectivity index (χ3n) is 6.30. The lowest BCUT2D eigenvalue weighted by molar-refractivity contribution is 0.0983. The number of hydrogen-bond donors (Lipinski definition) is 0. The topological polar surface area (TPSA) is 83.7 Å². The van der Waals surface area contributed by atoms with Crippen molar-refractivity contribution in [1.82, 2.24) is 9.29 Å². The maximum Gasteiger partial charge on any atom is 0.260 e. The van der Waals surface area contributed by atoms with Crippen molar-refractivity contribution in [2.75, 3.05) is 11.9 Å². The van der Waals surface area contributed by atoms with Gasteiger partial charge in [0.15, 0.2) is 5.13 Å². The van der Waals surface area contributed by atoms with Gasteiger partial charge in [-0.1, -0.05) is 60.7 Å². The van der Waals surface area contributed by atoms with Crippen LogP contribution in [0, 0.1) is 0 Å². The zero-order valence-corrected chi connectivity index (χ0v) is 22.7. The minimum atomic E-state index is -3.73. The molecule has 0 radical (unpaired) electrons. The molecule has 7 nitrogen and oxygen atoms in total. The predicted octanol–water partition coefficient (Wildman–Crippen LogP) is 6.12. The summed E-state index contributed by atoms with van der Waals surface area (Å²) in [6.07, 6.45) is 2.40. The lowest BCUT2D eigenvalue weighted by Gasteiger charge is -2.20. The molecule has 2 aromatic heterocycles. The molecule has 0 N–H and O–H groups in total. The van der Waals surface area contributed by atoms with Crippen molar-refractivity contribution in [3.63, 3.8) is 0 Å². The number of amides is 1. The Morgan fingerprint density at radius 2 is 1.68 bits per heavy atom. The van der Waals surface area contributed by atoms with Crippen LogP contribution in [0.5, 0.6) is 0 Å². The number of aromatic nitrogens is 1. The van der Waals surface area contributed by atoms with Gasteiger partial charge in [-0.2, -0.15) is 4.31 Å². The number of aryl methyl sites for hydroxylation is 1. The van der Waals surface area contributed by atoms with Crippen LogP contribution in [-0.4, -0.2) is 30.7 Å². The normalized spacial score (nSPS) is 11.8. The molecule has 5 rings (SSSR count). The molecular weight excluding hydrogens is 518 g/mol. The van der Waals surface area contributed by atoms with Crippen molar-refractivity contribution >= 4 is 42.6 Å². The molecule has 38 heavy (non-hydrogen) atoms. The fraction of sp³-hybridized carbons (Fsp3) is 0.172. The maximum absolute atomic E-state index is 13.7. The van der Waals surface area contributed by atoms with Gasteiger partial charge in [0.25, 0.3) is 5.91 Å². The number of hydrogen-bond acceptors (Lipinski definition) is 6. The summed E-state index contributed by atoms with van der Waals surface area (Å²) in [7, 11) is -2.19. The summed E-state index contributed by atoms with van der Waals surface area (Å²) in [5.74, 6) is 0.329. The summed E-state index contributed by atoms with van der Waals surface area (Å²) in [6.45, 7) is 2.53. The highest BCUT2D eigenvalue weighted by molar-refractivity contribution is 7.89. The molecule has 3 aromatic carbocycles. The summed E-state index contributed by atoms with van der Waals surface area (Å²) >= 11 is 1.44. The van der Waals surface area contributed by atoms with Gasteiger partial charge in [-0.25, -0.2) is 13.4 Å². The van der Waals surface area contributed by atoms with Crippen LogP contribution in [0.25, 0.3) is 10.2 Å². The smallest absolute Gasteiger partial charge is 0.260 e. The number of fused-ring (bicyclic) bond motifs is 1. The Balaban J connectivity index is 1.43. The number of benzene rings is 3. The number of carbonyl (C=O) groups excluding carboxylic acids is 1.